The van der Waals surface area contributed by atoms with Crippen molar-refractivity contribution in [1.82, 2.24) is 5.48 Å². The maximum Gasteiger partial charge on any atom is 0.230 e. The van der Waals surface area contributed by atoms with Crippen LogP contribution < -0.4 is 10.8 Å². The molecular formula is C19H25ClN2O2. The van der Waals surface area contributed by atoms with Crippen LogP contribution in [0.4, 0.5) is 5.69 Å². The summed E-state index contributed by atoms with van der Waals surface area (Å²) in [6.07, 6.45) is 12.4. The van der Waals surface area contributed by atoms with Crippen molar-refractivity contribution in [2.24, 2.45) is 0 Å². The number of benzene rings is 1. The number of rotatable bonds is 4. The molecule has 130 valence electrons. The molecule has 0 atom stereocenters. The number of aryl methyl sites for hydroxylation is 1. The van der Waals surface area contributed by atoms with E-state index < -0.39 is 0 Å². The van der Waals surface area contributed by atoms with E-state index in [0.717, 1.165) is 17.5 Å². The Hall–Kier alpha value is -2.04. The van der Waals surface area contributed by atoms with E-state index in [0.29, 0.717) is 0 Å². The lowest BCUT2D eigenvalue weighted by Gasteiger charge is -2.20. The fraction of sp³-hybridized carbons (Fsp3) is 0.316. The first-order chi connectivity index (χ1) is 11.7. The van der Waals surface area contributed by atoms with Crippen LogP contribution in [0.25, 0.3) is 0 Å². The summed E-state index contributed by atoms with van der Waals surface area (Å²) >= 11 is 6.26. The van der Waals surface area contributed by atoms with E-state index in [1.807, 2.05) is 12.2 Å². The average Bonchev–Trinajstić information content (AvgIpc) is 3.46. The van der Waals surface area contributed by atoms with E-state index in [1.54, 1.807) is 12.2 Å². The molecule has 1 aromatic rings. The van der Waals surface area contributed by atoms with E-state index >= 15 is 0 Å². The largest absolute Gasteiger partial charge is 0.384 e. The lowest BCUT2D eigenvalue weighted by atomic mass is 9.99. The van der Waals surface area contributed by atoms with E-state index in [9.17, 15) is 0 Å². The molecule has 1 amide bonds. The Labute approximate surface area is 148 Å². The standard InChI is InChI=1S/C12H14ClN.C6H8.CH3NO2/c13-11-7-10(8-3-4-8)6-9-2-1-5-14-12(9)11;1-3-5-6-4-2;3-1-2-4/h6-8,14H,1-5H2;3-6H,1-2H2;1,4H,(H,2,3)/b;6-5-;. The molecule has 0 spiro atoms. The van der Waals surface area contributed by atoms with Crippen molar-refractivity contribution >= 4 is 23.7 Å². The lowest BCUT2D eigenvalue weighted by molar-refractivity contribution is -0.116. The van der Waals surface area contributed by atoms with E-state index in [1.165, 1.54) is 48.0 Å². The fourth-order valence-electron chi connectivity index (χ4n) is 2.38. The molecule has 0 radical (unpaired) electrons. The second-order valence-electron chi connectivity index (χ2n) is 5.44. The van der Waals surface area contributed by atoms with Gasteiger partial charge in [-0.3, -0.25) is 10.0 Å². The summed E-state index contributed by atoms with van der Waals surface area (Å²) < 4.78 is 0. The van der Waals surface area contributed by atoms with Crippen molar-refractivity contribution in [2.75, 3.05) is 11.9 Å². The molecule has 0 aromatic heterocycles. The minimum absolute atomic E-state index is 0.181. The quantitative estimate of drug-likeness (QED) is 0.322. The third kappa shape index (κ3) is 7.02. The first-order valence-corrected chi connectivity index (χ1v) is 8.35. The molecule has 0 bridgehead atoms. The Balaban J connectivity index is 0.000000243. The predicted octanol–water partition coefficient (Wildman–Crippen LogP) is 4.61. The minimum Gasteiger partial charge on any atom is -0.384 e. The van der Waals surface area contributed by atoms with Gasteiger partial charge < -0.3 is 5.32 Å². The van der Waals surface area contributed by atoms with Crippen LogP contribution in [0.3, 0.4) is 0 Å². The molecule has 5 heteroatoms. The van der Waals surface area contributed by atoms with Crippen molar-refractivity contribution in [2.45, 2.75) is 31.6 Å². The van der Waals surface area contributed by atoms with Gasteiger partial charge in [-0.1, -0.05) is 55.1 Å². The Morgan fingerprint density at radius 1 is 1.25 bits per heavy atom. The van der Waals surface area contributed by atoms with E-state index in [2.05, 4.69) is 30.6 Å². The zero-order valence-corrected chi connectivity index (χ0v) is 14.6. The number of amides is 1. The van der Waals surface area contributed by atoms with Crippen molar-refractivity contribution in [1.29, 1.82) is 0 Å². The van der Waals surface area contributed by atoms with Gasteiger partial charge in [-0.05, 0) is 48.8 Å². The van der Waals surface area contributed by atoms with Gasteiger partial charge >= 0.3 is 0 Å². The number of fused-ring (bicyclic) bond motifs is 1. The van der Waals surface area contributed by atoms with Crippen molar-refractivity contribution in [3.8, 4) is 0 Å². The second kappa shape index (κ2) is 11.5. The number of anilines is 1. The van der Waals surface area contributed by atoms with Gasteiger partial charge in [0.1, 0.15) is 0 Å². The normalized spacial score (nSPS) is 14.8. The number of allylic oxidation sites excluding steroid dienone is 4. The van der Waals surface area contributed by atoms with Crippen LogP contribution >= 0.6 is 11.6 Å². The SMILES string of the molecule is C=C/C=C\C=C.Clc1cc(C2CC2)cc2c1NCCC2.O=CNO. The summed E-state index contributed by atoms with van der Waals surface area (Å²) in [5.41, 5.74) is 5.31. The molecule has 1 aliphatic heterocycles. The van der Waals surface area contributed by atoms with Crippen LogP contribution in [0.2, 0.25) is 5.02 Å². The van der Waals surface area contributed by atoms with Gasteiger partial charge in [0.15, 0.2) is 0 Å². The molecule has 2 aliphatic rings. The second-order valence-corrected chi connectivity index (χ2v) is 5.85. The predicted molar refractivity (Wildman–Crippen MR) is 101 cm³/mol. The average molecular weight is 349 g/mol. The molecule has 1 heterocycles. The Morgan fingerprint density at radius 2 is 1.88 bits per heavy atom. The van der Waals surface area contributed by atoms with Crippen molar-refractivity contribution < 1.29 is 10.0 Å². The zero-order valence-electron chi connectivity index (χ0n) is 13.8. The summed E-state index contributed by atoms with van der Waals surface area (Å²) in [5.74, 6) is 0.805. The van der Waals surface area contributed by atoms with Crippen molar-refractivity contribution in [3.63, 3.8) is 0 Å². The van der Waals surface area contributed by atoms with Gasteiger partial charge in [0.2, 0.25) is 6.41 Å². The smallest absolute Gasteiger partial charge is 0.230 e. The monoisotopic (exact) mass is 348 g/mol. The first kappa shape index (κ1) is 20.0. The van der Waals surface area contributed by atoms with Crippen LogP contribution in [0.5, 0.6) is 0 Å². The number of hydrogen-bond donors (Lipinski definition) is 3. The van der Waals surface area contributed by atoms with E-state index in [4.69, 9.17) is 21.6 Å². The van der Waals surface area contributed by atoms with Gasteiger partial charge in [0.25, 0.3) is 0 Å². The van der Waals surface area contributed by atoms with Crippen LogP contribution in [-0.4, -0.2) is 18.2 Å². The molecular weight excluding hydrogens is 324 g/mol. The number of hydrogen-bond acceptors (Lipinski definition) is 3. The first-order valence-electron chi connectivity index (χ1n) is 7.97. The Bertz CT molecular complexity index is 571. The maximum atomic E-state index is 8.81. The molecule has 1 saturated carbocycles. The molecule has 4 nitrogen and oxygen atoms in total. The topological polar surface area (TPSA) is 61.4 Å². The lowest BCUT2D eigenvalue weighted by Crippen LogP contribution is -2.12. The van der Waals surface area contributed by atoms with Crippen LogP contribution in [0.1, 0.15) is 36.3 Å². The zero-order chi connectivity index (χ0) is 17.8. The highest BCUT2D eigenvalue weighted by molar-refractivity contribution is 6.33. The third-order valence-electron chi connectivity index (χ3n) is 3.60. The molecule has 0 unspecified atom stereocenters. The number of carbonyl (C=O) groups excluding carboxylic acids is 1. The molecule has 3 N–H and O–H groups in total. The number of nitrogens with one attached hydrogen (secondary N) is 2. The summed E-state index contributed by atoms with van der Waals surface area (Å²) in [5, 5.41) is 11.6. The number of halogens is 1. The maximum absolute atomic E-state index is 8.81. The molecule has 3 rings (SSSR count). The number of carbonyl (C=O) groups is 1. The molecule has 1 aliphatic carbocycles. The van der Waals surface area contributed by atoms with Gasteiger partial charge in [-0.15, -0.1) is 0 Å². The van der Waals surface area contributed by atoms with Crippen LogP contribution in [0, 0.1) is 0 Å². The van der Waals surface area contributed by atoms with Crippen LogP contribution in [0.15, 0.2) is 49.6 Å². The Morgan fingerprint density at radius 3 is 2.38 bits per heavy atom. The highest BCUT2D eigenvalue weighted by Crippen LogP contribution is 2.43. The molecule has 1 aromatic carbocycles. The van der Waals surface area contributed by atoms with Gasteiger partial charge in [0.05, 0.1) is 10.7 Å². The molecule has 1 fully saturated rings. The summed E-state index contributed by atoms with van der Waals surface area (Å²) in [7, 11) is 0. The number of hydroxylamine groups is 1. The highest BCUT2D eigenvalue weighted by Gasteiger charge is 2.25. The third-order valence-corrected chi connectivity index (χ3v) is 3.90. The van der Waals surface area contributed by atoms with Crippen LogP contribution in [-0.2, 0) is 11.2 Å². The Kier molecular flexibility index (Phi) is 9.58. The van der Waals surface area contributed by atoms with Gasteiger partial charge in [0, 0.05) is 6.54 Å². The molecule has 24 heavy (non-hydrogen) atoms. The fourth-order valence-corrected chi connectivity index (χ4v) is 2.70. The highest BCUT2D eigenvalue weighted by atomic mass is 35.5. The summed E-state index contributed by atoms with van der Waals surface area (Å²) in [6.45, 7) is 7.99. The summed E-state index contributed by atoms with van der Waals surface area (Å²) in [6, 6.07) is 4.50. The van der Waals surface area contributed by atoms with Gasteiger partial charge in [-0.2, -0.15) is 0 Å². The molecule has 0 saturated heterocycles. The summed E-state index contributed by atoms with van der Waals surface area (Å²) in [4.78, 5) is 8.81. The van der Waals surface area contributed by atoms with Crippen molar-refractivity contribution in [3.05, 3.63) is 65.7 Å². The van der Waals surface area contributed by atoms with Gasteiger partial charge in [-0.25, -0.2) is 5.48 Å². The minimum atomic E-state index is 0.181. The van der Waals surface area contributed by atoms with E-state index in [-0.39, 0.29) is 6.41 Å².